The van der Waals surface area contributed by atoms with Gasteiger partial charge in [-0.15, -0.1) is 22.7 Å². The Bertz CT molecular complexity index is 3400. The van der Waals surface area contributed by atoms with Crippen LogP contribution in [0.25, 0.3) is 5.57 Å². The van der Waals surface area contributed by atoms with Gasteiger partial charge in [-0.05, 0) is 145 Å². The number of allylic oxidation sites excluding steroid dienone is 2. The monoisotopic (exact) mass is 1160 g/mol. The van der Waals surface area contributed by atoms with E-state index in [1.807, 2.05) is 36.4 Å². The molecule has 2 aromatic heterocycles. The summed E-state index contributed by atoms with van der Waals surface area (Å²) in [5.41, 5.74) is 7.93. The van der Waals surface area contributed by atoms with E-state index in [-0.39, 0.29) is 58.0 Å². The molecule has 80 heavy (non-hydrogen) atoms. The van der Waals surface area contributed by atoms with Gasteiger partial charge in [0.05, 0.1) is 34.7 Å². The Hall–Kier alpha value is -7.26. The van der Waals surface area contributed by atoms with Gasteiger partial charge in [-0.25, -0.2) is 16.8 Å². The average Bonchev–Trinajstić information content (AvgIpc) is 4.15. The summed E-state index contributed by atoms with van der Waals surface area (Å²) in [5.74, 6) is -3.77. The zero-order chi connectivity index (χ0) is 57.4. The van der Waals surface area contributed by atoms with E-state index in [1.165, 1.54) is 68.2 Å². The van der Waals surface area contributed by atoms with E-state index in [0.29, 0.717) is 39.9 Å². The minimum absolute atomic E-state index is 0.0365. The number of hydrogen-bond donors (Lipinski definition) is 6. The molecule has 422 valence electrons. The molecule has 0 aliphatic heterocycles. The lowest BCUT2D eigenvalue weighted by Gasteiger charge is -2.23. The summed E-state index contributed by atoms with van der Waals surface area (Å²) in [4.78, 5) is 73.1. The molecule has 4 aromatic carbocycles. The largest absolute Gasteiger partial charge is 0.481 e. The molecule has 8 rings (SSSR count). The number of aliphatic carboxylic acids is 2. The van der Waals surface area contributed by atoms with Crippen molar-refractivity contribution in [3.05, 3.63) is 172 Å². The van der Waals surface area contributed by atoms with Crippen molar-refractivity contribution < 1.29 is 55.8 Å². The van der Waals surface area contributed by atoms with E-state index in [1.54, 1.807) is 60.7 Å². The molecule has 0 radical (unpaired) electrons. The maximum Gasteiger partial charge on any atom is 0.305 e. The quantitative estimate of drug-likeness (QED) is 0.0371. The van der Waals surface area contributed by atoms with E-state index in [2.05, 4.69) is 39.5 Å². The molecule has 1 saturated carbocycles. The van der Waals surface area contributed by atoms with Crippen molar-refractivity contribution in [1.29, 1.82) is 0 Å². The van der Waals surface area contributed by atoms with Crippen molar-refractivity contribution in [3.8, 4) is 0 Å². The predicted octanol–water partition coefficient (Wildman–Crippen LogP) is 10.6. The molecule has 2 atom stereocenters. The second-order valence-electron chi connectivity index (χ2n) is 20.1. The fraction of sp³-hybridized carbons (Fsp3) is 0.333. The van der Waals surface area contributed by atoms with Gasteiger partial charge in [-0.3, -0.25) is 28.8 Å². The molecule has 6 N–H and O–H groups in total. The molecule has 0 spiro atoms. The zero-order valence-electron chi connectivity index (χ0n) is 44.6. The summed E-state index contributed by atoms with van der Waals surface area (Å²) in [6.45, 7) is 0.0770. The number of carbonyl (C=O) groups excluding carboxylic acids is 4. The first-order chi connectivity index (χ1) is 38.2. The number of hydrogen-bond acceptors (Lipinski definition) is 12. The number of rotatable bonds is 22. The third kappa shape index (κ3) is 17.9. The number of benzene rings is 4. The van der Waals surface area contributed by atoms with Crippen molar-refractivity contribution in [2.24, 2.45) is 0 Å². The van der Waals surface area contributed by atoms with E-state index in [4.69, 9.17) is 10.2 Å². The molecule has 2 aliphatic carbocycles. The minimum Gasteiger partial charge on any atom is -0.481 e. The summed E-state index contributed by atoms with van der Waals surface area (Å²) in [6.07, 6.45) is 15.6. The number of amides is 4. The van der Waals surface area contributed by atoms with Crippen LogP contribution in [0.15, 0.2) is 136 Å². The van der Waals surface area contributed by atoms with Gasteiger partial charge in [-0.1, -0.05) is 98.1 Å². The molecule has 0 bridgehead atoms. The minimum atomic E-state index is -3.38. The second kappa shape index (κ2) is 28.2. The first kappa shape index (κ1) is 60.4. The van der Waals surface area contributed by atoms with Crippen molar-refractivity contribution >= 4 is 93.5 Å². The van der Waals surface area contributed by atoms with Crippen LogP contribution in [0, 0.1) is 0 Å². The van der Waals surface area contributed by atoms with Crippen LogP contribution in [-0.4, -0.2) is 88.2 Å². The topological polar surface area (TPSA) is 259 Å². The Balaban J connectivity index is 0.000000231. The molecule has 4 amide bonds. The maximum atomic E-state index is 13.5. The van der Waals surface area contributed by atoms with Crippen molar-refractivity contribution in [2.45, 2.75) is 110 Å². The van der Waals surface area contributed by atoms with E-state index >= 15 is 0 Å². The first-order valence-electron chi connectivity index (χ1n) is 26.5. The SMILES string of the molecule is CS(=O)(=O)c1ccc(NC(=O)C(Cc2ccc(C(=O)NCCC(=O)O)cc2)c2ccc(C3=CCCCC3)cc2)s1.CS(=O)(=O)c1ccc(NC(=O)C(Cc2ccc(C(=O)NCCC(=O)O)cc2)c2ccc(C3CCCCC3)cc2)s1. The van der Waals surface area contributed by atoms with Crippen molar-refractivity contribution in [1.82, 2.24) is 10.6 Å². The highest BCUT2D eigenvalue weighted by Crippen LogP contribution is 2.36. The number of nitrogens with one attached hydrogen (secondary N) is 4. The van der Waals surface area contributed by atoms with Crippen molar-refractivity contribution in [2.75, 3.05) is 36.2 Å². The lowest BCUT2D eigenvalue weighted by Crippen LogP contribution is -2.26. The first-order valence-corrected chi connectivity index (χ1v) is 31.9. The fourth-order valence-electron chi connectivity index (χ4n) is 9.61. The number of carbonyl (C=O) groups is 6. The molecular weight excluding hydrogens is 1100 g/mol. The van der Waals surface area contributed by atoms with Crippen LogP contribution < -0.4 is 21.3 Å². The Kier molecular flexibility index (Phi) is 21.3. The lowest BCUT2D eigenvalue weighted by atomic mass is 9.83. The van der Waals surface area contributed by atoms with Gasteiger partial charge in [0.25, 0.3) is 11.8 Å². The smallest absolute Gasteiger partial charge is 0.305 e. The number of sulfone groups is 2. The van der Waals surface area contributed by atoms with Crippen LogP contribution in [0.3, 0.4) is 0 Å². The Morgan fingerprint density at radius 1 is 0.537 bits per heavy atom. The van der Waals surface area contributed by atoms with Gasteiger partial charge < -0.3 is 31.5 Å². The van der Waals surface area contributed by atoms with Gasteiger partial charge in [0.15, 0.2) is 19.7 Å². The fourth-order valence-corrected chi connectivity index (χ4v) is 13.3. The van der Waals surface area contributed by atoms with Gasteiger partial charge in [-0.2, -0.15) is 0 Å². The maximum absolute atomic E-state index is 13.5. The van der Waals surface area contributed by atoms with E-state index in [9.17, 15) is 45.6 Å². The second-order valence-corrected chi connectivity index (χ2v) is 26.7. The van der Waals surface area contributed by atoms with Gasteiger partial charge >= 0.3 is 11.9 Å². The highest BCUT2D eigenvalue weighted by Gasteiger charge is 2.26. The molecule has 0 saturated heterocycles. The number of carboxylic acids is 2. The van der Waals surface area contributed by atoms with Crippen LogP contribution in [0.4, 0.5) is 10.0 Å². The average molecular weight is 1160 g/mol. The number of thiophene rings is 2. The molecule has 16 nitrogen and oxygen atoms in total. The standard InChI is InChI=1S/C30H34N2O6S2.C30H32N2O6S2/c2*1-40(37,38)28-16-15-26(39-28)32-30(36)25(23-13-11-22(12-14-23)21-5-3-2-4-6-21)19-20-7-9-24(10-8-20)29(35)31-18-17-27(33)34/h7-16,21,25H,2-6,17-19H2,1H3,(H,31,35)(H,32,36)(H,33,34);5,7-16,25H,2-4,6,17-19H2,1H3,(H,31,35)(H,32,36)(H,33,34). The summed E-state index contributed by atoms with van der Waals surface area (Å²) in [5, 5.41) is 29.4. The molecule has 1 fully saturated rings. The van der Waals surface area contributed by atoms with Crippen LogP contribution in [-0.2, 0) is 51.7 Å². The normalized spacial score (nSPS) is 14.5. The summed E-state index contributed by atoms with van der Waals surface area (Å²) in [6, 6.07) is 36.2. The van der Waals surface area contributed by atoms with E-state index < -0.39 is 43.4 Å². The molecule has 2 unspecified atom stereocenters. The summed E-state index contributed by atoms with van der Waals surface area (Å²) >= 11 is 2.03. The summed E-state index contributed by atoms with van der Waals surface area (Å²) < 4.78 is 48.0. The lowest BCUT2D eigenvalue weighted by molar-refractivity contribution is -0.137. The Morgan fingerprint density at radius 3 is 1.36 bits per heavy atom. The third-order valence-corrected chi connectivity index (χ3v) is 19.6. The van der Waals surface area contributed by atoms with Gasteiger partial charge in [0, 0.05) is 36.7 Å². The number of anilines is 2. The van der Waals surface area contributed by atoms with Crippen LogP contribution in [0.5, 0.6) is 0 Å². The number of carboxylic acid groups (broad SMARTS) is 2. The Morgan fingerprint density at radius 2 is 0.975 bits per heavy atom. The molecule has 6 aromatic rings. The van der Waals surface area contributed by atoms with Crippen LogP contribution in [0.2, 0.25) is 0 Å². The zero-order valence-corrected chi connectivity index (χ0v) is 47.8. The van der Waals surface area contributed by atoms with Crippen LogP contribution in [0.1, 0.15) is 142 Å². The molecule has 20 heteroatoms. The highest BCUT2D eigenvalue weighted by molar-refractivity contribution is 7.93. The molecule has 2 heterocycles. The molecular formula is C60H66N4O12S4. The summed E-state index contributed by atoms with van der Waals surface area (Å²) in [7, 11) is -6.75. The third-order valence-electron chi connectivity index (χ3n) is 14.0. The predicted molar refractivity (Wildman–Crippen MR) is 312 cm³/mol. The van der Waals surface area contributed by atoms with Crippen LogP contribution >= 0.6 is 22.7 Å². The van der Waals surface area contributed by atoms with Crippen molar-refractivity contribution in [3.63, 3.8) is 0 Å². The Labute approximate surface area is 475 Å². The van der Waals surface area contributed by atoms with Gasteiger partial charge in [0.1, 0.15) is 8.42 Å². The van der Waals surface area contributed by atoms with E-state index in [0.717, 1.165) is 75.8 Å². The highest BCUT2D eigenvalue weighted by atomic mass is 32.2. The van der Waals surface area contributed by atoms with Gasteiger partial charge in [0.2, 0.25) is 11.8 Å². The molecule has 2 aliphatic rings.